The van der Waals surface area contributed by atoms with E-state index in [2.05, 4.69) is 31.1 Å². The molecule has 0 atom stereocenters. The van der Waals surface area contributed by atoms with Gasteiger partial charge in [-0.2, -0.15) is 0 Å². The molecule has 0 amide bonds. The summed E-state index contributed by atoms with van der Waals surface area (Å²) in [6.07, 6.45) is 3.84. The standard InChI is InChI=1S/C14H30N2O/c1-13(2)6-10-17-11-9-16(3)12-14-4-7-15-8-5-14/h13-15H,4-12H2,1-3H3. The van der Waals surface area contributed by atoms with Gasteiger partial charge in [0.05, 0.1) is 6.61 Å². The van der Waals surface area contributed by atoms with Crippen molar-refractivity contribution in [3.05, 3.63) is 0 Å². The molecule has 1 saturated heterocycles. The molecular weight excluding hydrogens is 212 g/mol. The van der Waals surface area contributed by atoms with Crippen molar-refractivity contribution in [1.82, 2.24) is 10.2 Å². The highest BCUT2D eigenvalue weighted by Crippen LogP contribution is 2.12. The lowest BCUT2D eigenvalue weighted by Crippen LogP contribution is -2.35. The van der Waals surface area contributed by atoms with Crippen molar-refractivity contribution in [2.24, 2.45) is 11.8 Å². The van der Waals surface area contributed by atoms with E-state index in [1.807, 2.05) is 0 Å². The van der Waals surface area contributed by atoms with Crippen LogP contribution in [-0.4, -0.2) is 51.3 Å². The number of likely N-dealkylation sites (N-methyl/N-ethyl adjacent to an activating group) is 1. The molecule has 0 bridgehead atoms. The smallest absolute Gasteiger partial charge is 0.0593 e. The van der Waals surface area contributed by atoms with Gasteiger partial charge >= 0.3 is 0 Å². The number of piperidine rings is 1. The van der Waals surface area contributed by atoms with Crippen LogP contribution >= 0.6 is 0 Å². The SMILES string of the molecule is CC(C)CCOCCN(C)CC1CCNCC1. The lowest BCUT2D eigenvalue weighted by atomic mass is 9.98. The van der Waals surface area contributed by atoms with Crippen LogP contribution in [0.15, 0.2) is 0 Å². The molecule has 0 aromatic carbocycles. The Labute approximate surface area is 107 Å². The van der Waals surface area contributed by atoms with Gasteiger partial charge in [-0.3, -0.25) is 0 Å². The highest BCUT2D eigenvalue weighted by Gasteiger charge is 2.14. The lowest BCUT2D eigenvalue weighted by molar-refractivity contribution is 0.0970. The third-order valence-electron chi connectivity index (χ3n) is 3.49. The molecule has 1 aliphatic heterocycles. The van der Waals surface area contributed by atoms with E-state index < -0.39 is 0 Å². The van der Waals surface area contributed by atoms with Gasteiger partial charge < -0.3 is 15.0 Å². The van der Waals surface area contributed by atoms with Crippen molar-refractivity contribution in [3.63, 3.8) is 0 Å². The number of nitrogens with zero attached hydrogens (tertiary/aromatic N) is 1. The number of ether oxygens (including phenoxy) is 1. The Bertz CT molecular complexity index is 179. The van der Waals surface area contributed by atoms with Crippen molar-refractivity contribution in [2.75, 3.05) is 46.4 Å². The maximum Gasteiger partial charge on any atom is 0.0593 e. The second kappa shape index (κ2) is 8.90. The van der Waals surface area contributed by atoms with Gasteiger partial charge in [0.2, 0.25) is 0 Å². The second-order valence-corrected chi connectivity index (χ2v) is 5.75. The van der Waals surface area contributed by atoms with Gasteiger partial charge in [-0.05, 0) is 51.2 Å². The summed E-state index contributed by atoms with van der Waals surface area (Å²) in [5.41, 5.74) is 0. The van der Waals surface area contributed by atoms with Crippen molar-refractivity contribution in [1.29, 1.82) is 0 Å². The summed E-state index contributed by atoms with van der Waals surface area (Å²) in [6.45, 7) is 11.0. The first-order valence-corrected chi connectivity index (χ1v) is 7.15. The summed E-state index contributed by atoms with van der Waals surface area (Å²) in [7, 11) is 2.22. The summed E-state index contributed by atoms with van der Waals surface area (Å²) < 4.78 is 5.65. The van der Waals surface area contributed by atoms with Crippen molar-refractivity contribution in [3.8, 4) is 0 Å². The van der Waals surface area contributed by atoms with Gasteiger partial charge in [0.25, 0.3) is 0 Å². The van der Waals surface area contributed by atoms with E-state index in [0.717, 1.165) is 31.6 Å². The highest BCUT2D eigenvalue weighted by molar-refractivity contribution is 4.71. The Morgan fingerprint density at radius 2 is 1.94 bits per heavy atom. The number of rotatable bonds is 8. The molecule has 1 rings (SSSR count). The fourth-order valence-electron chi connectivity index (χ4n) is 2.24. The van der Waals surface area contributed by atoms with Gasteiger partial charge in [-0.1, -0.05) is 13.8 Å². The Kier molecular flexibility index (Phi) is 7.82. The zero-order valence-electron chi connectivity index (χ0n) is 11.9. The van der Waals surface area contributed by atoms with Gasteiger partial charge in [-0.15, -0.1) is 0 Å². The van der Waals surface area contributed by atoms with E-state index in [0.29, 0.717) is 0 Å². The van der Waals surface area contributed by atoms with Crippen LogP contribution in [0.5, 0.6) is 0 Å². The van der Waals surface area contributed by atoms with E-state index in [1.165, 1.54) is 38.9 Å². The van der Waals surface area contributed by atoms with E-state index >= 15 is 0 Å². The molecule has 0 aromatic rings. The number of nitrogens with one attached hydrogen (secondary N) is 1. The summed E-state index contributed by atoms with van der Waals surface area (Å²) in [5, 5.41) is 3.42. The highest BCUT2D eigenvalue weighted by atomic mass is 16.5. The topological polar surface area (TPSA) is 24.5 Å². The normalized spacial score (nSPS) is 18.2. The molecule has 0 spiro atoms. The monoisotopic (exact) mass is 242 g/mol. The minimum absolute atomic E-state index is 0.752. The van der Waals surface area contributed by atoms with Crippen molar-refractivity contribution in [2.45, 2.75) is 33.1 Å². The van der Waals surface area contributed by atoms with Crippen LogP contribution in [0.3, 0.4) is 0 Å². The fourth-order valence-corrected chi connectivity index (χ4v) is 2.24. The van der Waals surface area contributed by atoms with Crippen LogP contribution < -0.4 is 5.32 Å². The Morgan fingerprint density at radius 3 is 2.59 bits per heavy atom. The first-order chi connectivity index (χ1) is 8.18. The molecule has 1 aliphatic rings. The molecule has 0 saturated carbocycles. The Hall–Kier alpha value is -0.120. The van der Waals surface area contributed by atoms with Crippen LogP contribution in [0.25, 0.3) is 0 Å². The maximum atomic E-state index is 5.65. The number of hydrogen-bond donors (Lipinski definition) is 1. The van der Waals surface area contributed by atoms with Gasteiger partial charge in [0.1, 0.15) is 0 Å². The average molecular weight is 242 g/mol. The second-order valence-electron chi connectivity index (χ2n) is 5.75. The van der Waals surface area contributed by atoms with Crippen LogP contribution in [-0.2, 0) is 4.74 Å². The fraction of sp³-hybridized carbons (Fsp3) is 1.00. The Morgan fingerprint density at radius 1 is 1.24 bits per heavy atom. The zero-order chi connectivity index (χ0) is 12.5. The summed E-state index contributed by atoms with van der Waals surface area (Å²) in [4.78, 5) is 2.42. The quantitative estimate of drug-likeness (QED) is 0.659. The molecule has 0 aromatic heterocycles. The first-order valence-electron chi connectivity index (χ1n) is 7.15. The molecule has 1 heterocycles. The molecule has 1 N–H and O–H groups in total. The summed E-state index contributed by atoms with van der Waals surface area (Å²) in [5.74, 6) is 1.64. The van der Waals surface area contributed by atoms with Gasteiger partial charge in [-0.25, -0.2) is 0 Å². The predicted molar refractivity (Wildman–Crippen MR) is 73.4 cm³/mol. The first kappa shape index (κ1) is 14.9. The molecule has 102 valence electrons. The van der Waals surface area contributed by atoms with Crippen molar-refractivity contribution < 1.29 is 4.74 Å². The zero-order valence-corrected chi connectivity index (χ0v) is 11.9. The third kappa shape index (κ3) is 7.74. The lowest BCUT2D eigenvalue weighted by Gasteiger charge is -2.27. The molecule has 0 radical (unpaired) electrons. The van der Waals surface area contributed by atoms with Gasteiger partial charge in [0.15, 0.2) is 0 Å². The molecule has 0 aliphatic carbocycles. The largest absolute Gasteiger partial charge is 0.380 e. The molecule has 17 heavy (non-hydrogen) atoms. The summed E-state index contributed by atoms with van der Waals surface area (Å²) >= 11 is 0. The molecule has 3 heteroatoms. The van der Waals surface area contributed by atoms with E-state index in [-0.39, 0.29) is 0 Å². The predicted octanol–water partition coefficient (Wildman–Crippen LogP) is 1.98. The summed E-state index contributed by atoms with van der Waals surface area (Å²) in [6, 6.07) is 0. The van der Waals surface area contributed by atoms with Crippen LogP contribution in [0.1, 0.15) is 33.1 Å². The Balaban J connectivity index is 1.95. The maximum absolute atomic E-state index is 5.65. The van der Waals surface area contributed by atoms with Crippen molar-refractivity contribution >= 4 is 0 Å². The molecule has 3 nitrogen and oxygen atoms in total. The molecule has 1 fully saturated rings. The number of hydrogen-bond acceptors (Lipinski definition) is 3. The average Bonchev–Trinajstić information content (AvgIpc) is 2.29. The van der Waals surface area contributed by atoms with Crippen LogP contribution in [0.2, 0.25) is 0 Å². The molecular formula is C14H30N2O. The van der Waals surface area contributed by atoms with Gasteiger partial charge in [0, 0.05) is 19.7 Å². The van der Waals surface area contributed by atoms with E-state index in [4.69, 9.17) is 4.74 Å². The van der Waals surface area contributed by atoms with E-state index in [9.17, 15) is 0 Å². The third-order valence-corrected chi connectivity index (χ3v) is 3.49. The minimum Gasteiger partial charge on any atom is -0.380 e. The minimum atomic E-state index is 0.752. The van der Waals surface area contributed by atoms with Crippen LogP contribution in [0, 0.1) is 11.8 Å². The van der Waals surface area contributed by atoms with E-state index in [1.54, 1.807) is 0 Å². The van der Waals surface area contributed by atoms with Crippen LogP contribution in [0.4, 0.5) is 0 Å². The molecule has 0 unspecified atom stereocenters.